The van der Waals surface area contributed by atoms with Crippen LogP contribution in [0.4, 0.5) is 11.4 Å². The zero-order valence-corrected chi connectivity index (χ0v) is 10.7. The van der Waals surface area contributed by atoms with Crippen LogP contribution in [0.25, 0.3) is 0 Å². The Morgan fingerprint density at radius 2 is 2.06 bits per heavy atom. The highest BCUT2D eigenvalue weighted by molar-refractivity contribution is 7.10. The van der Waals surface area contributed by atoms with E-state index in [0.29, 0.717) is 16.6 Å². The van der Waals surface area contributed by atoms with Gasteiger partial charge >= 0.3 is 0 Å². The third-order valence-electron chi connectivity index (χ3n) is 2.15. The summed E-state index contributed by atoms with van der Waals surface area (Å²) in [6, 6.07) is 7.22. The van der Waals surface area contributed by atoms with Crippen LogP contribution in [0, 0.1) is 0 Å². The van der Waals surface area contributed by atoms with E-state index in [0.717, 1.165) is 16.3 Å². The molecule has 0 unspecified atom stereocenters. The predicted octanol–water partition coefficient (Wildman–Crippen LogP) is 4.25. The monoisotopic (exact) mass is 272 g/mol. The van der Waals surface area contributed by atoms with E-state index in [-0.39, 0.29) is 0 Å². The number of rotatable bonds is 3. The lowest BCUT2D eigenvalue weighted by Gasteiger charge is -2.08. The summed E-state index contributed by atoms with van der Waals surface area (Å²) >= 11 is 13.5. The van der Waals surface area contributed by atoms with Gasteiger partial charge in [-0.1, -0.05) is 23.2 Å². The molecule has 3 N–H and O–H groups in total. The second-order valence-corrected chi connectivity index (χ2v) is 5.12. The highest BCUT2D eigenvalue weighted by Crippen LogP contribution is 2.27. The van der Waals surface area contributed by atoms with Crippen molar-refractivity contribution in [3.63, 3.8) is 0 Å². The molecule has 84 valence electrons. The van der Waals surface area contributed by atoms with Crippen LogP contribution >= 0.6 is 34.5 Å². The first-order valence-corrected chi connectivity index (χ1v) is 6.31. The van der Waals surface area contributed by atoms with Gasteiger partial charge in [0.05, 0.1) is 17.3 Å². The van der Waals surface area contributed by atoms with E-state index in [9.17, 15) is 0 Å². The average Bonchev–Trinajstić information content (AvgIpc) is 2.66. The largest absolute Gasteiger partial charge is 0.398 e. The van der Waals surface area contributed by atoms with Gasteiger partial charge < -0.3 is 11.1 Å². The summed E-state index contributed by atoms with van der Waals surface area (Å²) in [7, 11) is 0. The molecule has 2 aromatic rings. The molecule has 1 aromatic carbocycles. The maximum atomic E-state index is 6.03. The first-order valence-electron chi connectivity index (χ1n) is 4.67. The second kappa shape index (κ2) is 4.95. The van der Waals surface area contributed by atoms with Crippen LogP contribution in [0.1, 0.15) is 4.88 Å². The molecule has 0 saturated heterocycles. The molecule has 16 heavy (non-hydrogen) atoms. The van der Waals surface area contributed by atoms with Gasteiger partial charge in [-0.15, -0.1) is 11.3 Å². The Labute approximate surface area is 108 Å². The van der Waals surface area contributed by atoms with E-state index in [2.05, 4.69) is 5.32 Å². The number of hydrogen-bond acceptors (Lipinski definition) is 3. The lowest BCUT2D eigenvalue weighted by Crippen LogP contribution is -2.00. The van der Waals surface area contributed by atoms with Gasteiger partial charge in [-0.25, -0.2) is 0 Å². The van der Waals surface area contributed by atoms with E-state index < -0.39 is 0 Å². The van der Waals surface area contributed by atoms with Crippen LogP contribution in [0.5, 0.6) is 0 Å². The van der Waals surface area contributed by atoms with Crippen molar-refractivity contribution < 1.29 is 0 Å². The summed E-state index contributed by atoms with van der Waals surface area (Å²) in [6.45, 7) is 0.656. The van der Waals surface area contributed by atoms with Crippen LogP contribution in [-0.4, -0.2) is 0 Å². The summed E-state index contributed by atoms with van der Waals surface area (Å²) in [4.78, 5) is 1.09. The third kappa shape index (κ3) is 2.61. The molecule has 5 heteroatoms. The van der Waals surface area contributed by atoms with Crippen LogP contribution in [0.2, 0.25) is 10.0 Å². The Morgan fingerprint density at radius 1 is 1.25 bits per heavy atom. The van der Waals surface area contributed by atoms with Crippen molar-refractivity contribution in [1.29, 1.82) is 0 Å². The van der Waals surface area contributed by atoms with Crippen molar-refractivity contribution in [1.82, 2.24) is 0 Å². The Morgan fingerprint density at radius 3 is 2.75 bits per heavy atom. The molecule has 2 rings (SSSR count). The molecule has 2 nitrogen and oxygen atoms in total. The van der Waals surface area contributed by atoms with Crippen LogP contribution < -0.4 is 11.1 Å². The molecule has 0 atom stereocenters. The minimum absolute atomic E-state index is 0.652. The molecule has 1 heterocycles. The Bertz CT molecular complexity index is 496. The third-order valence-corrected chi connectivity index (χ3v) is 3.65. The lowest BCUT2D eigenvalue weighted by atomic mass is 10.3. The quantitative estimate of drug-likeness (QED) is 0.877. The standard InChI is InChI=1S/C11H10Cl2N2S/c12-7-1-2-8(13)10(5-7)15-6-11-9(14)3-4-16-11/h1-5,15H,6,14H2. The molecular weight excluding hydrogens is 263 g/mol. The van der Waals surface area contributed by atoms with Crippen molar-refractivity contribution in [2.75, 3.05) is 11.1 Å². The fourth-order valence-electron chi connectivity index (χ4n) is 1.30. The maximum Gasteiger partial charge on any atom is 0.0638 e. The summed E-state index contributed by atoms with van der Waals surface area (Å²) < 4.78 is 0. The molecule has 0 radical (unpaired) electrons. The van der Waals surface area contributed by atoms with Crippen molar-refractivity contribution >= 4 is 45.9 Å². The van der Waals surface area contributed by atoms with Gasteiger partial charge in [0.15, 0.2) is 0 Å². The summed E-state index contributed by atoms with van der Waals surface area (Å²) in [5.41, 5.74) is 7.41. The molecule has 0 aliphatic carbocycles. The molecule has 0 spiro atoms. The van der Waals surface area contributed by atoms with Crippen LogP contribution in [0.3, 0.4) is 0 Å². The van der Waals surface area contributed by atoms with E-state index >= 15 is 0 Å². The van der Waals surface area contributed by atoms with Crippen molar-refractivity contribution in [3.05, 3.63) is 44.6 Å². The van der Waals surface area contributed by atoms with Gasteiger partial charge in [0, 0.05) is 15.6 Å². The topological polar surface area (TPSA) is 38.0 Å². The van der Waals surface area contributed by atoms with Crippen LogP contribution in [0.15, 0.2) is 29.6 Å². The van der Waals surface area contributed by atoms with Crippen molar-refractivity contribution in [3.8, 4) is 0 Å². The van der Waals surface area contributed by atoms with Gasteiger partial charge in [-0.05, 0) is 29.6 Å². The number of benzene rings is 1. The summed E-state index contributed by atoms with van der Waals surface area (Å²) in [5.74, 6) is 0. The van der Waals surface area contributed by atoms with Gasteiger partial charge in [-0.2, -0.15) is 0 Å². The van der Waals surface area contributed by atoms with Crippen molar-refractivity contribution in [2.24, 2.45) is 0 Å². The fourth-order valence-corrected chi connectivity index (χ4v) is 2.40. The van der Waals surface area contributed by atoms with E-state index in [1.165, 1.54) is 0 Å². The smallest absolute Gasteiger partial charge is 0.0638 e. The molecule has 0 saturated carbocycles. The normalized spacial score (nSPS) is 10.4. The number of anilines is 2. The number of nitrogens with one attached hydrogen (secondary N) is 1. The zero-order chi connectivity index (χ0) is 11.5. The van der Waals surface area contributed by atoms with Gasteiger partial charge in [0.1, 0.15) is 0 Å². The second-order valence-electron chi connectivity index (χ2n) is 3.28. The maximum absolute atomic E-state index is 6.03. The number of hydrogen-bond donors (Lipinski definition) is 2. The molecule has 0 aliphatic heterocycles. The van der Waals surface area contributed by atoms with Gasteiger partial charge in [0.2, 0.25) is 0 Å². The van der Waals surface area contributed by atoms with E-state index in [1.54, 1.807) is 29.5 Å². The molecule has 0 fully saturated rings. The van der Waals surface area contributed by atoms with Gasteiger partial charge in [0.25, 0.3) is 0 Å². The fraction of sp³-hybridized carbons (Fsp3) is 0.0909. The minimum atomic E-state index is 0.652. The Hall–Kier alpha value is -0.900. The Balaban J connectivity index is 2.10. The molecule has 0 bridgehead atoms. The highest BCUT2D eigenvalue weighted by Gasteiger charge is 2.03. The zero-order valence-electron chi connectivity index (χ0n) is 8.34. The van der Waals surface area contributed by atoms with Gasteiger partial charge in [-0.3, -0.25) is 0 Å². The summed E-state index contributed by atoms with van der Waals surface area (Å²) in [6.07, 6.45) is 0. The first-order chi connectivity index (χ1) is 7.66. The predicted molar refractivity (Wildman–Crippen MR) is 72.5 cm³/mol. The SMILES string of the molecule is Nc1ccsc1CNc1cc(Cl)ccc1Cl. The Kier molecular flexibility index (Phi) is 3.59. The number of thiophene rings is 1. The number of nitrogens with two attached hydrogens (primary N) is 1. The number of nitrogen functional groups attached to an aromatic ring is 1. The lowest BCUT2D eigenvalue weighted by molar-refractivity contribution is 1.20. The average molecular weight is 273 g/mol. The van der Waals surface area contributed by atoms with Crippen LogP contribution in [-0.2, 0) is 6.54 Å². The van der Waals surface area contributed by atoms with E-state index in [4.69, 9.17) is 28.9 Å². The van der Waals surface area contributed by atoms with E-state index in [1.807, 2.05) is 11.4 Å². The van der Waals surface area contributed by atoms with Crippen molar-refractivity contribution in [2.45, 2.75) is 6.54 Å². The molecular formula is C11H10Cl2N2S. The highest BCUT2D eigenvalue weighted by atomic mass is 35.5. The molecule has 0 aliphatic rings. The number of halogens is 2. The summed E-state index contributed by atoms with van der Waals surface area (Å²) in [5, 5.41) is 6.49. The first kappa shape index (κ1) is 11.6. The molecule has 1 aromatic heterocycles. The minimum Gasteiger partial charge on any atom is -0.398 e. The molecule has 0 amide bonds.